The van der Waals surface area contributed by atoms with E-state index in [-0.39, 0.29) is 11.6 Å². The number of ether oxygens (including phenoxy) is 1. The lowest BCUT2D eigenvalue weighted by Crippen LogP contribution is -2.50. The Hall–Kier alpha value is -0.420. The van der Waals surface area contributed by atoms with Crippen molar-refractivity contribution in [2.45, 2.75) is 51.2 Å². The number of thiophene rings is 1. The van der Waals surface area contributed by atoms with E-state index in [1.807, 2.05) is 7.11 Å². The summed E-state index contributed by atoms with van der Waals surface area (Å²) in [4.78, 5) is 1.26. The molecule has 1 heterocycles. The first-order valence-corrected chi connectivity index (χ1v) is 7.46. The molecule has 0 saturated heterocycles. The molecule has 0 aliphatic heterocycles. The molecule has 102 valence electrons. The zero-order chi connectivity index (χ0) is 13.2. The van der Waals surface area contributed by atoms with E-state index in [2.05, 4.69) is 36.8 Å². The monoisotopic (exact) mass is 268 g/mol. The lowest BCUT2D eigenvalue weighted by molar-refractivity contribution is -0.0869. The summed E-state index contributed by atoms with van der Waals surface area (Å²) in [5.74, 6) is 5.80. The number of nitrogens with one attached hydrogen (secondary N) is 1. The predicted octanol–water partition coefficient (Wildman–Crippen LogP) is 3.24. The molecule has 1 aromatic heterocycles. The second-order valence-electron chi connectivity index (χ2n) is 6.05. The standard InChI is InChI=1S/C14H24N2OS/c1-13(2)6-8-14(17-3,9-7-13)12(16-15)11-5-4-10-18-11/h4-5,10,12,16H,6-9,15H2,1-3H3. The lowest BCUT2D eigenvalue weighted by atomic mass is 9.68. The van der Waals surface area contributed by atoms with Crippen LogP contribution in [0.25, 0.3) is 0 Å². The van der Waals surface area contributed by atoms with Gasteiger partial charge in [-0.1, -0.05) is 19.9 Å². The highest BCUT2D eigenvalue weighted by molar-refractivity contribution is 7.10. The maximum absolute atomic E-state index is 5.91. The van der Waals surface area contributed by atoms with Crippen LogP contribution in [0.5, 0.6) is 0 Å². The number of hydrogen-bond donors (Lipinski definition) is 2. The summed E-state index contributed by atoms with van der Waals surface area (Å²) < 4.78 is 5.91. The van der Waals surface area contributed by atoms with Gasteiger partial charge >= 0.3 is 0 Å². The molecule has 1 aromatic rings. The van der Waals surface area contributed by atoms with Crippen LogP contribution in [0.1, 0.15) is 50.4 Å². The van der Waals surface area contributed by atoms with Crippen molar-refractivity contribution in [1.29, 1.82) is 0 Å². The molecule has 4 heteroatoms. The van der Waals surface area contributed by atoms with Crippen LogP contribution in [-0.2, 0) is 4.74 Å². The second-order valence-corrected chi connectivity index (χ2v) is 7.03. The third kappa shape index (κ3) is 2.62. The van der Waals surface area contributed by atoms with Crippen LogP contribution < -0.4 is 11.3 Å². The number of rotatable bonds is 4. The molecular weight excluding hydrogens is 244 g/mol. The third-order valence-corrected chi connectivity index (χ3v) is 5.31. The van der Waals surface area contributed by atoms with E-state index in [1.54, 1.807) is 11.3 Å². The third-order valence-electron chi connectivity index (χ3n) is 4.38. The first kappa shape index (κ1) is 14.0. The molecule has 1 aliphatic rings. The predicted molar refractivity (Wildman–Crippen MR) is 76.4 cm³/mol. The van der Waals surface area contributed by atoms with Crippen LogP contribution in [0.15, 0.2) is 17.5 Å². The van der Waals surface area contributed by atoms with Gasteiger partial charge in [0.25, 0.3) is 0 Å². The molecular formula is C14H24N2OS. The average molecular weight is 268 g/mol. The molecule has 0 aromatic carbocycles. The van der Waals surface area contributed by atoms with Gasteiger partial charge < -0.3 is 4.74 Å². The molecule has 2 rings (SSSR count). The largest absolute Gasteiger partial charge is 0.376 e. The minimum atomic E-state index is -0.158. The maximum atomic E-state index is 5.91. The minimum Gasteiger partial charge on any atom is -0.376 e. The van der Waals surface area contributed by atoms with E-state index in [0.717, 1.165) is 12.8 Å². The van der Waals surface area contributed by atoms with E-state index in [1.165, 1.54) is 17.7 Å². The van der Waals surface area contributed by atoms with Crippen LogP contribution in [-0.4, -0.2) is 12.7 Å². The Kier molecular flexibility index (Phi) is 4.11. The fraction of sp³-hybridized carbons (Fsp3) is 0.714. The molecule has 0 spiro atoms. The zero-order valence-electron chi connectivity index (χ0n) is 11.5. The van der Waals surface area contributed by atoms with E-state index in [4.69, 9.17) is 10.6 Å². The van der Waals surface area contributed by atoms with Gasteiger partial charge in [0.1, 0.15) is 0 Å². The fourth-order valence-corrected chi connectivity index (χ4v) is 3.80. The number of methoxy groups -OCH3 is 1. The summed E-state index contributed by atoms with van der Waals surface area (Å²) in [5, 5.41) is 2.09. The highest BCUT2D eigenvalue weighted by atomic mass is 32.1. The van der Waals surface area contributed by atoms with Gasteiger partial charge in [0.15, 0.2) is 0 Å². The van der Waals surface area contributed by atoms with Crippen LogP contribution in [0, 0.1) is 5.41 Å². The summed E-state index contributed by atoms with van der Waals surface area (Å²) in [6.45, 7) is 4.67. The van der Waals surface area contributed by atoms with E-state index >= 15 is 0 Å². The number of hydrazine groups is 1. The molecule has 0 radical (unpaired) electrons. The molecule has 3 nitrogen and oxygen atoms in total. The van der Waals surface area contributed by atoms with Crippen molar-refractivity contribution in [1.82, 2.24) is 5.43 Å². The van der Waals surface area contributed by atoms with Gasteiger partial charge in [0.05, 0.1) is 11.6 Å². The summed E-state index contributed by atoms with van der Waals surface area (Å²) in [7, 11) is 1.82. The van der Waals surface area contributed by atoms with Gasteiger partial charge in [-0.2, -0.15) is 0 Å². The molecule has 1 aliphatic carbocycles. The maximum Gasteiger partial charge on any atom is 0.0893 e. The summed E-state index contributed by atoms with van der Waals surface area (Å²) in [6, 6.07) is 4.30. The minimum absolute atomic E-state index is 0.0959. The first-order chi connectivity index (χ1) is 8.53. The van der Waals surface area contributed by atoms with Crippen molar-refractivity contribution in [3.63, 3.8) is 0 Å². The Morgan fingerprint density at radius 2 is 2.00 bits per heavy atom. The van der Waals surface area contributed by atoms with Crippen LogP contribution >= 0.6 is 11.3 Å². The van der Waals surface area contributed by atoms with Crippen molar-refractivity contribution in [2.75, 3.05) is 7.11 Å². The Morgan fingerprint density at radius 3 is 2.44 bits per heavy atom. The van der Waals surface area contributed by atoms with Gasteiger partial charge in [0, 0.05) is 12.0 Å². The van der Waals surface area contributed by atoms with E-state index < -0.39 is 0 Å². The smallest absolute Gasteiger partial charge is 0.0893 e. The normalized spacial score (nSPS) is 23.8. The Labute approximate surface area is 114 Å². The first-order valence-electron chi connectivity index (χ1n) is 6.58. The highest BCUT2D eigenvalue weighted by Crippen LogP contribution is 2.47. The van der Waals surface area contributed by atoms with Gasteiger partial charge in [-0.05, 0) is 42.5 Å². The van der Waals surface area contributed by atoms with Crippen LogP contribution in [0.2, 0.25) is 0 Å². The van der Waals surface area contributed by atoms with E-state index in [0.29, 0.717) is 5.41 Å². The fourth-order valence-electron chi connectivity index (χ4n) is 2.91. The summed E-state index contributed by atoms with van der Waals surface area (Å²) in [5.41, 5.74) is 3.25. The van der Waals surface area contributed by atoms with E-state index in [9.17, 15) is 0 Å². The molecule has 18 heavy (non-hydrogen) atoms. The number of nitrogens with two attached hydrogens (primary N) is 1. The average Bonchev–Trinajstić information content (AvgIpc) is 2.86. The Morgan fingerprint density at radius 1 is 1.33 bits per heavy atom. The molecule has 1 fully saturated rings. The van der Waals surface area contributed by atoms with Crippen molar-refractivity contribution >= 4 is 11.3 Å². The molecule has 1 saturated carbocycles. The summed E-state index contributed by atoms with van der Waals surface area (Å²) >= 11 is 1.74. The molecule has 3 N–H and O–H groups in total. The van der Waals surface area contributed by atoms with Crippen molar-refractivity contribution in [3.8, 4) is 0 Å². The Bertz CT molecular complexity index is 365. The molecule has 1 atom stereocenters. The highest BCUT2D eigenvalue weighted by Gasteiger charge is 2.44. The SMILES string of the molecule is COC1(C(NN)c2cccs2)CCC(C)(C)CC1. The second kappa shape index (κ2) is 5.29. The van der Waals surface area contributed by atoms with Crippen molar-refractivity contribution in [2.24, 2.45) is 11.3 Å². The van der Waals surface area contributed by atoms with Gasteiger partial charge in [-0.3, -0.25) is 5.84 Å². The zero-order valence-corrected chi connectivity index (χ0v) is 12.3. The van der Waals surface area contributed by atoms with Crippen molar-refractivity contribution in [3.05, 3.63) is 22.4 Å². The van der Waals surface area contributed by atoms with Gasteiger partial charge in [0.2, 0.25) is 0 Å². The Balaban J connectivity index is 2.21. The van der Waals surface area contributed by atoms with Gasteiger partial charge in [-0.25, -0.2) is 5.43 Å². The molecule has 1 unspecified atom stereocenters. The van der Waals surface area contributed by atoms with Gasteiger partial charge in [-0.15, -0.1) is 11.3 Å². The van der Waals surface area contributed by atoms with Crippen LogP contribution in [0.3, 0.4) is 0 Å². The van der Waals surface area contributed by atoms with Crippen LogP contribution in [0.4, 0.5) is 0 Å². The number of hydrogen-bond acceptors (Lipinski definition) is 4. The quantitative estimate of drug-likeness (QED) is 0.651. The lowest BCUT2D eigenvalue weighted by Gasteiger charge is -2.46. The summed E-state index contributed by atoms with van der Waals surface area (Å²) in [6.07, 6.45) is 4.49. The molecule has 0 bridgehead atoms. The topological polar surface area (TPSA) is 47.3 Å². The van der Waals surface area contributed by atoms with Crippen molar-refractivity contribution < 1.29 is 4.74 Å². The molecule has 0 amide bonds.